The number of nitrogens with one attached hydrogen (secondary N) is 1. The molecule has 0 radical (unpaired) electrons. The lowest BCUT2D eigenvalue weighted by atomic mass is 10.1. The van der Waals surface area contributed by atoms with E-state index in [0.29, 0.717) is 12.1 Å². The molecule has 0 aromatic heterocycles. The first-order valence-electron chi connectivity index (χ1n) is 5.03. The van der Waals surface area contributed by atoms with E-state index in [1.54, 1.807) is 6.07 Å². The summed E-state index contributed by atoms with van der Waals surface area (Å²) < 4.78 is 0. The molecule has 0 aliphatic heterocycles. The summed E-state index contributed by atoms with van der Waals surface area (Å²) in [6.45, 7) is 4.85. The van der Waals surface area contributed by atoms with Crippen LogP contribution in [0, 0.1) is 24.2 Å². The number of aliphatic hydroxyl groups excluding tert-OH is 1. The van der Waals surface area contributed by atoms with Crippen LogP contribution in [0.1, 0.15) is 18.1 Å². The fourth-order valence-corrected chi connectivity index (χ4v) is 1.23. The molecule has 0 fully saturated rings. The molecule has 0 amide bonds. The van der Waals surface area contributed by atoms with Crippen LogP contribution in [0.25, 0.3) is 0 Å². The van der Waals surface area contributed by atoms with Crippen molar-refractivity contribution >= 4 is 5.69 Å². The van der Waals surface area contributed by atoms with Crippen molar-refractivity contribution in [2.75, 3.05) is 18.5 Å². The number of hydrogen-bond donors (Lipinski definition) is 2. The summed E-state index contributed by atoms with van der Waals surface area (Å²) in [6, 6.07) is 7.66. The summed E-state index contributed by atoms with van der Waals surface area (Å²) in [7, 11) is 0. The van der Waals surface area contributed by atoms with Crippen molar-refractivity contribution < 1.29 is 5.11 Å². The Morgan fingerprint density at radius 2 is 2.27 bits per heavy atom. The third-order valence-corrected chi connectivity index (χ3v) is 2.32. The molecule has 0 spiro atoms. The van der Waals surface area contributed by atoms with Crippen LogP contribution in [0.4, 0.5) is 5.69 Å². The second kappa shape index (κ2) is 5.38. The SMILES string of the molecule is Cc1ccc(C#N)cc1NCC(C)CO. The molecule has 0 heterocycles. The van der Waals surface area contributed by atoms with Crippen molar-refractivity contribution in [2.45, 2.75) is 13.8 Å². The van der Waals surface area contributed by atoms with Crippen LogP contribution in [0.15, 0.2) is 18.2 Å². The monoisotopic (exact) mass is 204 g/mol. The molecule has 2 N–H and O–H groups in total. The van der Waals surface area contributed by atoms with Crippen molar-refractivity contribution in [3.63, 3.8) is 0 Å². The Labute approximate surface area is 90.4 Å². The Morgan fingerprint density at radius 1 is 1.53 bits per heavy atom. The van der Waals surface area contributed by atoms with E-state index in [4.69, 9.17) is 10.4 Å². The first kappa shape index (κ1) is 11.5. The smallest absolute Gasteiger partial charge is 0.0992 e. The van der Waals surface area contributed by atoms with Gasteiger partial charge >= 0.3 is 0 Å². The number of nitrogens with zero attached hydrogens (tertiary/aromatic N) is 1. The number of benzene rings is 1. The van der Waals surface area contributed by atoms with Crippen molar-refractivity contribution in [1.29, 1.82) is 5.26 Å². The van der Waals surface area contributed by atoms with E-state index in [2.05, 4.69) is 11.4 Å². The Bertz CT molecular complexity index is 368. The quantitative estimate of drug-likeness (QED) is 0.787. The molecular weight excluding hydrogens is 188 g/mol. The topological polar surface area (TPSA) is 56.0 Å². The average Bonchev–Trinajstić information content (AvgIpc) is 2.27. The number of anilines is 1. The lowest BCUT2D eigenvalue weighted by Crippen LogP contribution is -2.15. The van der Waals surface area contributed by atoms with Gasteiger partial charge in [-0.3, -0.25) is 0 Å². The van der Waals surface area contributed by atoms with Gasteiger partial charge in [0.2, 0.25) is 0 Å². The van der Waals surface area contributed by atoms with E-state index in [1.807, 2.05) is 26.0 Å². The minimum absolute atomic E-state index is 0.171. The normalized spacial score (nSPS) is 11.9. The van der Waals surface area contributed by atoms with Crippen LogP contribution >= 0.6 is 0 Å². The summed E-state index contributed by atoms with van der Waals surface area (Å²) in [5, 5.41) is 20.9. The van der Waals surface area contributed by atoms with Gasteiger partial charge in [0.1, 0.15) is 0 Å². The molecule has 1 rings (SSSR count). The van der Waals surface area contributed by atoms with Gasteiger partial charge < -0.3 is 10.4 Å². The fraction of sp³-hybridized carbons (Fsp3) is 0.417. The number of rotatable bonds is 4. The van der Waals surface area contributed by atoms with Gasteiger partial charge in [-0.2, -0.15) is 5.26 Å². The molecule has 1 atom stereocenters. The molecule has 15 heavy (non-hydrogen) atoms. The Hall–Kier alpha value is -1.53. The molecule has 0 aliphatic rings. The summed E-state index contributed by atoms with van der Waals surface area (Å²) in [6.07, 6.45) is 0. The van der Waals surface area contributed by atoms with Crippen molar-refractivity contribution in [1.82, 2.24) is 0 Å². The first-order chi connectivity index (χ1) is 7.17. The molecule has 0 aliphatic carbocycles. The third-order valence-electron chi connectivity index (χ3n) is 2.32. The summed E-state index contributed by atoms with van der Waals surface area (Å²) >= 11 is 0. The van der Waals surface area contributed by atoms with Gasteiger partial charge in [0.15, 0.2) is 0 Å². The maximum atomic E-state index is 8.89. The van der Waals surface area contributed by atoms with Crippen LogP contribution in [0.3, 0.4) is 0 Å². The van der Waals surface area contributed by atoms with Gasteiger partial charge in [-0.25, -0.2) is 0 Å². The highest BCUT2D eigenvalue weighted by atomic mass is 16.3. The molecule has 1 aromatic carbocycles. The van der Waals surface area contributed by atoms with E-state index >= 15 is 0 Å². The largest absolute Gasteiger partial charge is 0.396 e. The average molecular weight is 204 g/mol. The second-order valence-electron chi connectivity index (χ2n) is 3.81. The number of hydrogen-bond acceptors (Lipinski definition) is 3. The van der Waals surface area contributed by atoms with E-state index in [9.17, 15) is 0 Å². The maximum absolute atomic E-state index is 8.89. The highest BCUT2D eigenvalue weighted by Crippen LogP contribution is 2.16. The third kappa shape index (κ3) is 3.26. The molecule has 0 saturated carbocycles. The number of aryl methyl sites for hydroxylation is 1. The Balaban J connectivity index is 2.72. The zero-order chi connectivity index (χ0) is 11.3. The summed E-state index contributed by atoms with van der Waals surface area (Å²) in [5.74, 6) is 0.218. The lowest BCUT2D eigenvalue weighted by molar-refractivity contribution is 0.244. The second-order valence-corrected chi connectivity index (χ2v) is 3.81. The minimum atomic E-state index is 0.171. The van der Waals surface area contributed by atoms with Gasteiger partial charge in [-0.1, -0.05) is 13.0 Å². The predicted molar refractivity (Wildman–Crippen MR) is 60.6 cm³/mol. The molecule has 1 unspecified atom stereocenters. The zero-order valence-electron chi connectivity index (χ0n) is 9.12. The van der Waals surface area contributed by atoms with E-state index < -0.39 is 0 Å². The molecule has 0 saturated heterocycles. The highest BCUT2D eigenvalue weighted by Gasteiger charge is 2.02. The van der Waals surface area contributed by atoms with Crippen LogP contribution in [-0.2, 0) is 0 Å². The van der Waals surface area contributed by atoms with Crippen LogP contribution in [0.5, 0.6) is 0 Å². The van der Waals surface area contributed by atoms with Gasteiger partial charge in [0, 0.05) is 18.8 Å². The van der Waals surface area contributed by atoms with Crippen molar-refractivity contribution in [3.05, 3.63) is 29.3 Å². The number of aliphatic hydroxyl groups is 1. The van der Waals surface area contributed by atoms with Crippen LogP contribution in [0.2, 0.25) is 0 Å². The van der Waals surface area contributed by atoms with Crippen molar-refractivity contribution in [2.24, 2.45) is 5.92 Å². The zero-order valence-corrected chi connectivity index (χ0v) is 9.12. The molecule has 0 bridgehead atoms. The maximum Gasteiger partial charge on any atom is 0.0992 e. The fourth-order valence-electron chi connectivity index (χ4n) is 1.23. The standard InChI is InChI=1S/C12H16N2O/c1-9(8-15)7-14-12-5-11(6-13)4-3-10(12)2/h3-5,9,14-15H,7-8H2,1-2H3. The van der Waals surface area contributed by atoms with Crippen molar-refractivity contribution in [3.8, 4) is 6.07 Å². The van der Waals surface area contributed by atoms with Crippen LogP contribution in [-0.4, -0.2) is 18.3 Å². The first-order valence-corrected chi connectivity index (χ1v) is 5.03. The molecule has 3 nitrogen and oxygen atoms in total. The lowest BCUT2D eigenvalue weighted by Gasteiger charge is -2.13. The van der Waals surface area contributed by atoms with Gasteiger partial charge in [-0.15, -0.1) is 0 Å². The van der Waals surface area contributed by atoms with E-state index in [0.717, 1.165) is 11.3 Å². The van der Waals surface area contributed by atoms with Gasteiger partial charge in [0.25, 0.3) is 0 Å². The van der Waals surface area contributed by atoms with Gasteiger partial charge in [-0.05, 0) is 30.5 Å². The summed E-state index contributed by atoms with van der Waals surface area (Å²) in [4.78, 5) is 0. The van der Waals surface area contributed by atoms with Crippen LogP contribution < -0.4 is 5.32 Å². The Kier molecular flexibility index (Phi) is 4.14. The summed E-state index contributed by atoms with van der Waals surface area (Å²) in [5.41, 5.74) is 2.73. The van der Waals surface area contributed by atoms with E-state index in [-0.39, 0.29) is 12.5 Å². The molecule has 1 aromatic rings. The van der Waals surface area contributed by atoms with Gasteiger partial charge in [0.05, 0.1) is 11.6 Å². The highest BCUT2D eigenvalue weighted by molar-refractivity contribution is 5.55. The predicted octanol–water partition coefficient (Wildman–Crippen LogP) is 1.91. The molecular formula is C12H16N2O. The Morgan fingerprint density at radius 3 is 2.87 bits per heavy atom. The van der Waals surface area contributed by atoms with E-state index in [1.165, 1.54) is 0 Å². The minimum Gasteiger partial charge on any atom is -0.396 e. The molecule has 3 heteroatoms. The molecule has 80 valence electrons. The number of nitriles is 1.